The second-order valence-corrected chi connectivity index (χ2v) is 5.19. The van der Waals surface area contributed by atoms with E-state index in [0.29, 0.717) is 18.6 Å². The number of benzene rings is 1. The molecule has 1 aliphatic heterocycles. The molecule has 0 saturated heterocycles. The lowest BCUT2D eigenvalue weighted by atomic mass is 9.87. The summed E-state index contributed by atoms with van der Waals surface area (Å²) in [5, 5.41) is 0. The Bertz CT molecular complexity index is 418. The molecule has 0 amide bonds. The van der Waals surface area contributed by atoms with E-state index in [1.807, 2.05) is 30.3 Å². The van der Waals surface area contributed by atoms with Crippen LogP contribution in [0.5, 0.6) is 0 Å². The molecule has 0 saturated carbocycles. The van der Waals surface area contributed by atoms with Crippen LogP contribution in [0, 0.1) is 5.41 Å². The molecular formula is C14H17NO. The Morgan fingerprint density at radius 1 is 1.19 bits per heavy atom. The molecular weight excluding hydrogens is 198 g/mol. The van der Waals surface area contributed by atoms with Crippen LogP contribution in [0.2, 0.25) is 0 Å². The maximum absolute atomic E-state index is 11.8. The zero-order chi connectivity index (χ0) is 11.6. The fourth-order valence-electron chi connectivity index (χ4n) is 2.03. The van der Waals surface area contributed by atoms with E-state index in [1.54, 1.807) is 0 Å². The third-order valence-electron chi connectivity index (χ3n) is 2.85. The smallest absolute Gasteiger partial charge is 0.139 e. The van der Waals surface area contributed by atoms with Crippen molar-refractivity contribution in [2.45, 2.75) is 26.7 Å². The first-order valence-electron chi connectivity index (χ1n) is 5.67. The molecule has 0 radical (unpaired) electrons. The number of rotatable bonds is 1. The van der Waals surface area contributed by atoms with E-state index in [4.69, 9.17) is 0 Å². The SMILES string of the molecule is CC1(C)CN=C(c2ccccc2)CC(=O)C1. The highest BCUT2D eigenvalue weighted by Crippen LogP contribution is 2.25. The van der Waals surface area contributed by atoms with Gasteiger partial charge in [-0.05, 0) is 11.0 Å². The number of carbonyl (C=O) groups excluding carboxylic acids is 1. The van der Waals surface area contributed by atoms with E-state index < -0.39 is 0 Å². The van der Waals surface area contributed by atoms with Crippen molar-refractivity contribution in [1.29, 1.82) is 0 Å². The fourth-order valence-corrected chi connectivity index (χ4v) is 2.03. The number of hydrogen-bond acceptors (Lipinski definition) is 2. The van der Waals surface area contributed by atoms with E-state index in [2.05, 4.69) is 18.8 Å². The minimum absolute atomic E-state index is 0.00755. The Balaban J connectivity index is 2.29. The second-order valence-electron chi connectivity index (χ2n) is 5.19. The monoisotopic (exact) mass is 215 g/mol. The van der Waals surface area contributed by atoms with Gasteiger partial charge in [0.2, 0.25) is 0 Å². The van der Waals surface area contributed by atoms with Gasteiger partial charge in [-0.1, -0.05) is 44.2 Å². The van der Waals surface area contributed by atoms with Gasteiger partial charge in [0.25, 0.3) is 0 Å². The second kappa shape index (κ2) is 4.20. The van der Waals surface area contributed by atoms with E-state index >= 15 is 0 Å². The van der Waals surface area contributed by atoms with Crippen LogP contribution in [-0.4, -0.2) is 18.0 Å². The van der Waals surface area contributed by atoms with E-state index in [0.717, 1.165) is 17.8 Å². The molecule has 1 heterocycles. The van der Waals surface area contributed by atoms with Crippen LogP contribution < -0.4 is 0 Å². The third-order valence-corrected chi connectivity index (χ3v) is 2.85. The zero-order valence-electron chi connectivity index (χ0n) is 9.86. The summed E-state index contributed by atoms with van der Waals surface area (Å²) in [6.45, 7) is 4.94. The average molecular weight is 215 g/mol. The van der Waals surface area contributed by atoms with Crippen molar-refractivity contribution in [2.24, 2.45) is 10.4 Å². The lowest BCUT2D eigenvalue weighted by Crippen LogP contribution is -2.18. The van der Waals surface area contributed by atoms with Crippen LogP contribution in [0.4, 0.5) is 0 Å². The Hall–Kier alpha value is -1.44. The summed E-state index contributed by atoms with van der Waals surface area (Å²) in [5.41, 5.74) is 2.03. The molecule has 0 aromatic heterocycles. The van der Waals surface area contributed by atoms with Crippen molar-refractivity contribution in [3.63, 3.8) is 0 Å². The molecule has 0 N–H and O–H groups in total. The van der Waals surface area contributed by atoms with Crippen LogP contribution in [0.3, 0.4) is 0 Å². The number of carbonyl (C=O) groups is 1. The highest BCUT2D eigenvalue weighted by atomic mass is 16.1. The maximum atomic E-state index is 11.8. The summed E-state index contributed by atoms with van der Waals surface area (Å²) in [6, 6.07) is 9.98. The first-order chi connectivity index (χ1) is 7.57. The normalized spacial score (nSPS) is 20.1. The molecule has 0 fully saturated rings. The molecule has 0 atom stereocenters. The summed E-state index contributed by atoms with van der Waals surface area (Å²) in [5.74, 6) is 0.296. The first-order valence-corrected chi connectivity index (χ1v) is 5.67. The van der Waals surface area contributed by atoms with Crippen LogP contribution in [0.15, 0.2) is 35.3 Å². The quantitative estimate of drug-likeness (QED) is 0.708. The molecule has 1 aliphatic rings. The van der Waals surface area contributed by atoms with Crippen molar-refractivity contribution < 1.29 is 4.79 Å². The molecule has 84 valence electrons. The van der Waals surface area contributed by atoms with Crippen molar-refractivity contribution in [1.82, 2.24) is 0 Å². The molecule has 0 unspecified atom stereocenters. The van der Waals surface area contributed by atoms with E-state index in [9.17, 15) is 4.79 Å². The molecule has 16 heavy (non-hydrogen) atoms. The van der Waals surface area contributed by atoms with Crippen molar-refractivity contribution in [3.8, 4) is 0 Å². The number of ketones is 1. The van der Waals surface area contributed by atoms with Gasteiger partial charge >= 0.3 is 0 Å². The van der Waals surface area contributed by atoms with Gasteiger partial charge in [-0.3, -0.25) is 9.79 Å². The lowest BCUT2D eigenvalue weighted by Gasteiger charge is -2.18. The van der Waals surface area contributed by atoms with Gasteiger partial charge in [0, 0.05) is 25.1 Å². The van der Waals surface area contributed by atoms with Crippen molar-refractivity contribution in [3.05, 3.63) is 35.9 Å². The third kappa shape index (κ3) is 2.57. The Labute approximate surface area is 96.4 Å². The van der Waals surface area contributed by atoms with Gasteiger partial charge in [-0.15, -0.1) is 0 Å². The van der Waals surface area contributed by atoms with Crippen molar-refractivity contribution in [2.75, 3.05) is 6.54 Å². The molecule has 1 aromatic carbocycles. The summed E-state index contributed by atoms with van der Waals surface area (Å²) < 4.78 is 0. The fraction of sp³-hybridized carbons (Fsp3) is 0.429. The molecule has 1 aromatic rings. The van der Waals surface area contributed by atoms with E-state index in [1.165, 1.54) is 0 Å². The molecule has 2 heteroatoms. The predicted molar refractivity (Wildman–Crippen MR) is 65.9 cm³/mol. The number of Topliss-reactive ketones (excluding diaryl/α,β-unsaturated/α-hetero) is 1. The summed E-state index contributed by atoms with van der Waals surface area (Å²) in [6.07, 6.45) is 1.11. The summed E-state index contributed by atoms with van der Waals surface area (Å²) in [4.78, 5) is 16.4. The topological polar surface area (TPSA) is 29.4 Å². The number of hydrogen-bond donors (Lipinski definition) is 0. The highest BCUT2D eigenvalue weighted by molar-refractivity contribution is 6.11. The molecule has 0 bridgehead atoms. The largest absolute Gasteiger partial charge is 0.299 e. The molecule has 0 spiro atoms. The van der Waals surface area contributed by atoms with Gasteiger partial charge in [0.1, 0.15) is 5.78 Å². The van der Waals surface area contributed by atoms with Gasteiger partial charge < -0.3 is 0 Å². The molecule has 2 nitrogen and oxygen atoms in total. The Morgan fingerprint density at radius 3 is 2.56 bits per heavy atom. The first kappa shape index (κ1) is 11.1. The highest BCUT2D eigenvalue weighted by Gasteiger charge is 2.26. The Morgan fingerprint density at radius 2 is 1.88 bits per heavy atom. The minimum atomic E-state index is 0.00755. The van der Waals surface area contributed by atoms with Crippen LogP contribution in [0.1, 0.15) is 32.3 Å². The van der Waals surface area contributed by atoms with Crippen molar-refractivity contribution >= 4 is 11.5 Å². The predicted octanol–water partition coefficient (Wildman–Crippen LogP) is 2.86. The number of aliphatic imine (C=N–C) groups is 1. The van der Waals surface area contributed by atoms with Gasteiger partial charge in [-0.25, -0.2) is 0 Å². The molecule has 0 aliphatic carbocycles. The van der Waals surface area contributed by atoms with Crippen LogP contribution >= 0.6 is 0 Å². The maximum Gasteiger partial charge on any atom is 0.139 e. The van der Waals surface area contributed by atoms with Gasteiger partial charge in [-0.2, -0.15) is 0 Å². The van der Waals surface area contributed by atoms with Gasteiger partial charge in [0.15, 0.2) is 0 Å². The van der Waals surface area contributed by atoms with Crippen LogP contribution in [-0.2, 0) is 4.79 Å². The number of nitrogens with zero attached hydrogens (tertiary/aromatic N) is 1. The zero-order valence-corrected chi connectivity index (χ0v) is 9.86. The van der Waals surface area contributed by atoms with Crippen LogP contribution in [0.25, 0.3) is 0 Å². The minimum Gasteiger partial charge on any atom is -0.299 e. The summed E-state index contributed by atoms with van der Waals surface area (Å²) in [7, 11) is 0. The van der Waals surface area contributed by atoms with E-state index in [-0.39, 0.29) is 5.41 Å². The summed E-state index contributed by atoms with van der Waals surface area (Å²) >= 11 is 0. The molecule has 2 rings (SSSR count). The standard InChI is InChI=1S/C14H17NO/c1-14(2)9-12(16)8-13(15-10-14)11-6-4-3-5-7-11/h3-7H,8-10H2,1-2H3. The van der Waals surface area contributed by atoms with Gasteiger partial charge in [0.05, 0.1) is 0 Å². The Kier molecular flexibility index (Phi) is 2.90. The average Bonchev–Trinajstić information content (AvgIpc) is 2.37. The lowest BCUT2D eigenvalue weighted by molar-refractivity contribution is -0.119.